The third-order valence-electron chi connectivity index (χ3n) is 8.23. The maximum absolute atomic E-state index is 13.8. The highest BCUT2D eigenvalue weighted by Gasteiger charge is 2.30. The summed E-state index contributed by atoms with van der Waals surface area (Å²) in [6.07, 6.45) is 5.45. The number of hydrogen-bond acceptors (Lipinski definition) is 9. The average Bonchev–Trinajstić information content (AvgIpc) is 3.13. The van der Waals surface area contributed by atoms with Gasteiger partial charge in [0.05, 0.1) is 18.1 Å². The summed E-state index contributed by atoms with van der Waals surface area (Å²) in [6.45, 7) is 11.9. The molecule has 3 amide bonds. The van der Waals surface area contributed by atoms with Crippen molar-refractivity contribution in [2.75, 3.05) is 20.3 Å². The van der Waals surface area contributed by atoms with Crippen molar-refractivity contribution in [3.05, 3.63) is 82.9 Å². The smallest absolute Gasteiger partial charge is 0.407 e. The molecule has 0 fully saturated rings. The lowest BCUT2D eigenvalue weighted by Crippen LogP contribution is -2.48. The zero-order valence-electron chi connectivity index (χ0n) is 34.1. The predicted molar refractivity (Wildman–Crippen MR) is 228 cm³/mol. The molecule has 320 valence electrons. The van der Waals surface area contributed by atoms with Crippen LogP contribution in [-0.2, 0) is 39.8 Å². The Morgan fingerprint density at radius 3 is 2.14 bits per heavy atom. The molecule has 0 bridgehead atoms. The molecule has 2 aromatic rings. The van der Waals surface area contributed by atoms with Crippen LogP contribution in [0.5, 0.6) is 5.75 Å². The molecule has 58 heavy (non-hydrogen) atoms. The molecule has 0 radical (unpaired) electrons. The van der Waals surface area contributed by atoms with Crippen LogP contribution in [0.3, 0.4) is 0 Å². The van der Waals surface area contributed by atoms with Gasteiger partial charge in [0.15, 0.2) is 0 Å². The van der Waals surface area contributed by atoms with Crippen LogP contribution in [-0.4, -0.2) is 77.7 Å². The molecule has 2 rings (SSSR count). The highest BCUT2D eigenvalue weighted by atomic mass is 35.6. The Balaban J connectivity index is 2.28. The van der Waals surface area contributed by atoms with E-state index in [0.717, 1.165) is 5.56 Å². The zero-order chi connectivity index (χ0) is 43.6. The molecule has 0 heterocycles. The maximum Gasteiger partial charge on any atom is 0.407 e. The van der Waals surface area contributed by atoms with E-state index in [1.807, 2.05) is 63.3 Å². The predicted octanol–water partition coefficient (Wildman–Crippen LogP) is 8.19. The van der Waals surface area contributed by atoms with Crippen LogP contribution in [0.4, 0.5) is 4.79 Å². The maximum atomic E-state index is 13.8. The number of ether oxygens (including phenoxy) is 4. The minimum atomic E-state index is -1.88. The van der Waals surface area contributed by atoms with E-state index in [9.17, 15) is 24.0 Å². The summed E-state index contributed by atoms with van der Waals surface area (Å²) in [6, 6.07) is 12.3. The zero-order valence-corrected chi connectivity index (χ0v) is 37.1. The molecule has 0 aliphatic rings. The Bertz CT molecular complexity index is 1730. The first-order valence-corrected chi connectivity index (χ1v) is 20.3. The van der Waals surface area contributed by atoms with Crippen LogP contribution in [0.25, 0.3) is 6.08 Å². The van der Waals surface area contributed by atoms with Crippen molar-refractivity contribution in [2.45, 2.75) is 95.3 Å². The van der Waals surface area contributed by atoms with Crippen LogP contribution in [0.2, 0.25) is 5.02 Å². The van der Waals surface area contributed by atoms with Crippen LogP contribution in [0, 0.1) is 17.8 Å². The average molecular weight is 888 g/mol. The highest BCUT2D eigenvalue weighted by molar-refractivity contribution is 6.67. The number of amides is 3. The second kappa shape index (κ2) is 24.2. The Morgan fingerprint density at radius 2 is 1.55 bits per heavy atom. The highest BCUT2D eigenvalue weighted by Crippen LogP contribution is 2.27. The van der Waals surface area contributed by atoms with Gasteiger partial charge in [0.1, 0.15) is 36.1 Å². The summed E-state index contributed by atoms with van der Waals surface area (Å²) in [4.78, 5) is 65.5. The third-order valence-corrected chi connectivity index (χ3v) is 8.85. The van der Waals surface area contributed by atoms with Crippen molar-refractivity contribution in [1.29, 1.82) is 0 Å². The van der Waals surface area contributed by atoms with E-state index >= 15 is 0 Å². The Morgan fingerprint density at radius 1 is 0.879 bits per heavy atom. The standard InChI is InChI=1S/C42H55Cl4N3O9/c1-26(2)21-32(49-37(51)28(4)24-47-40(54)58-41(5,6)7)39(53)57-34(27(3)17-18-29-13-10-9-11-14-29)15-12-16-36(50)48-33(38(52)56-25-42(44,45)46)23-30-19-20-35(55-8)31(43)22-30/h9-14,16-20,22,26-28,32-34H,15,21,23-25H2,1-8H3,(H,47,54)(H,48,50)(H,49,51)/b16-12+,18-17+/t27-,28-,32+,33-,34+/m1/s1. The molecular formula is C42H55Cl4N3O9. The molecule has 3 N–H and O–H groups in total. The molecule has 12 nitrogen and oxygen atoms in total. The molecule has 0 aliphatic heterocycles. The number of esters is 2. The van der Waals surface area contributed by atoms with E-state index in [2.05, 4.69) is 16.0 Å². The number of rotatable bonds is 20. The first kappa shape index (κ1) is 50.2. The summed E-state index contributed by atoms with van der Waals surface area (Å²) in [7, 11) is 1.47. The van der Waals surface area contributed by atoms with Gasteiger partial charge >= 0.3 is 18.0 Å². The number of carbonyl (C=O) groups is 5. The molecule has 0 aliphatic carbocycles. The van der Waals surface area contributed by atoms with Gasteiger partial charge in [-0.3, -0.25) is 9.59 Å². The lowest BCUT2D eigenvalue weighted by molar-refractivity contribution is -0.155. The third kappa shape index (κ3) is 20.1. The number of benzene rings is 2. The molecule has 2 aromatic carbocycles. The molecular weight excluding hydrogens is 832 g/mol. The van der Waals surface area contributed by atoms with Crippen LogP contribution >= 0.6 is 46.4 Å². The number of nitrogens with one attached hydrogen (secondary N) is 3. The first-order chi connectivity index (χ1) is 27.1. The number of alkyl halides is 3. The van der Waals surface area contributed by atoms with Gasteiger partial charge in [-0.05, 0) is 62.4 Å². The lowest BCUT2D eigenvalue weighted by atomic mass is 9.98. The molecule has 16 heteroatoms. The van der Waals surface area contributed by atoms with Gasteiger partial charge in [-0.1, -0.05) is 129 Å². The summed E-state index contributed by atoms with van der Waals surface area (Å²) in [5.74, 6) is -3.22. The van der Waals surface area contributed by atoms with E-state index in [4.69, 9.17) is 65.4 Å². The van der Waals surface area contributed by atoms with Crippen molar-refractivity contribution in [2.24, 2.45) is 17.8 Å². The molecule has 0 saturated carbocycles. The van der Waals surface area contributed by atoms with E-state index in [0.29, 0.717) is 16.3 Å². The molecule has 0 aromatic heterocycles. The molecule has 0 unspecified atom stereocenters. The summed E-state index contributed by atoms with van der Waals surface area (Å²) in [5.41, 5.74) is 0.815. The SMILES string of the molecule is COc1ccc(C[C@@H](NC(=O)/C=C/C[C@H](OC(=O)[C@H](CC(C)C)NC(=O)[C@H](C)CNC(=O)OC(C)(C)C)[C@H](C)/C=C/c2ccccc2)C(=O)OCC(Cl)(Cl)Cl)cc1Cl. The topological polar surface area (TPSA) is 158 Å². The van der Waals surface area contributed by atoms with E-state index in [-0.39, 0.29) is 37.6 Å². The summed E-state index contributed by atoms with van der Waals surface area (Å²) < 4.78 is 19.8. The van der Waals surface area contributed by atoms with Crippen LogP contribution < -0.4 is 20.7 Å². The van der Waals surface area contributed by atoms with Crippen LogP contribution in [0.15, 0.2) is 66.8 Å². The number of hydrogen-bond donors (Lipinski definition) is 3. The van der Waals surface area contributed by atoms with Gasteiger partial charge in [-0.15, -0.1) is 0 Å². The number of halogens is 4. The minimum Gasteiger partial charge on any atom is -0.495 e. The lowest BCUT2D eigenvalue weighted by Gasteiger charge is -2.26. The normalized spacial score (nSPS) is 14.6. The molecule has 5 atom stereocenters. The van der Waals surface area contributed by atoms with E-state index in [1.54, 1.807) is 45.9 Å². The second-order valence-corrected chi connectivity index (χ2v) is 18.1. The van der Waals surface area contributed by atoms with Crippen molar-refractivity contribution >= 4 is 82.3 Å². The van der Waals surface area contributed by atoms with Gasteiger partial charge < -0.3 is 34.9 Å². The van der Waals surface area contributed by atoms with E-state index < -0.39 is 70.0 Å². The quantitative estimate of drug-likeness (QED) is 0.0516. The number of carbonyl (C=O) groups excluding carboxylic acids is 5. The summed E-state index contributed by atoms with van der Waals surface area (Å²) in [5, 5.41) is 8.30. The first-order valence-electron chi connectivity index (χ1n) is 18.8. The van der Waals surface area contributed by atoms with Crippen LogP contribution in [0.1, 0.15) is 72.4 Å². The molecule has 0 saturated heterocycles. The fourth-order valence-electron chi connectivity index (χ4n) is 5.24. The summed E-state index contributed by atoms with van der Waals surface area (Å²) >= 11 is 23.6. The Labute approximate surface area is 361 Å². The van der Waals surface area contributed by atoms with E-state index in [1.165, 1.54) is 19.3 Å². The van der Waals surface area contributed by atoms with Gasteiger partial charge in [-0.2, -0.15) is 0 Å². The van der Waals surface area contributed by atoms with Crippen molar-refractivity contribution in [3.8, 4) is 5.75 Å². The fraction of sp³-hybridized carbons (Fsp3) is 0.500. The van der Waals surface area contributed by atoms with Crippen molar-refractivity contribution < 1.29 is 42.9 Å². The Kier molecular flexibility index (Phi) is 20.9. The fourth-order valence-corrected chi connectivity index (χ4v) is 5.69. The molecule has 0 spiro atoms. The van der Waals surface area contributed by atoms with Gasteiger partial charge in [0, 0.05) is 25.3 Å². The van der Waals surface area contributed by atoms with Crippen molar-refractivity contribution in [1.82, 2.24) is 16.0 Å². The minimum absolute atomic E-state index is 0.00814. The van der Waals surface area contributed by atoms with Gasteiger partial charge in [0.25, 0.3) is 0 Å². The second-order valence-electron chi connectivity index (χ2n) is 15.2. The Hall–Kier alpha value is -3.97. The largest absolute Gasteiger partial charge is 0.495 e. The van der Waals surface area contributed by atoms with Gasteiger partial charge in [-0.25, -0.2) is 14.4 Å². The van der Waals surface area contributed by atoms with Gasteiger partial charge in [0.2, 0.25) is 15.6 Å². The number of alkyl carbamates (subject to hydrolysis) is 1. The van der Waals surface area contributed by atoms with Crippen molar-refractivity contribution in [3.63, 3.8) is 0 Å². The monoisotopic (exact) mass is 885 g/mol. The number of methoxy groups -OCH3 is 1.